The summed E-state index contributed by atoms with van der Waals surface area (Å²) in [5.41, 5.74) is 2.71. The van der Waals surface area contributed by atoms with E-state index < -0.39 is 10.0 Å². The van der Waals surface area contributed by atoms with Crippen LogP contribution in [0.15, 0.2) is 47.4 Å². The Labute approximate surface area is 166 Å². The molecule has 7 heteroatoms. The predicted molar refractivity (Wildman–Crippen MR) is 108 cm³/mol. The van der Waals surface area contributed by atoms with Gasteiger partial charge in [-0.2, -0.15) is 4.31 Å². The average Bonchev–Trinajstić information content (AvgIpc) is 2.68. The van der Waals surface area contributed by atoms with E-state index in [1.54, 1.807) is 17.9 Å². The summed E-state index contributed by atoms with van der Waals surface area (Å²) in [6.07, 6.45) is 0. The number of carbonyl (C=O) groups excluding carboxylic acids is 1. The van der Waals surface area contributed by atoms with Gasteiger partial charge in [-0.3, -0.25) is 4.79 Å². The minimum absolute atomic E-state index is 0.0484. The Morgan fingerprint density at radius 2 is 1.64 bits per heavy atom. The van der Waals surface area contributed by atoms with Crippen LogP contribution in [0.2, 0.25) is 0 Å². The molecule has 1 aliphatic heterocycles. The second-order valence-electron chi connectivity index (χ2n) is 7.16. The summed E-state index contributed by atoms with van der Waals surface area (Å²) in [4.78, 5) is 14.4. The Morgan fingerprint density at radius 1 is 0.964 bits per heavy atom. The molecule has 0 aliphatic carbocycles. The van der Waals surface area contributed by atoms with Gasteiger partial charge in [0.25, 0.3) is 5.91 Å². The molecule has 2 aromatic rings. The number of benzene rings is 2. The molecule has 0 bridgehead atoms. The van der Waals surface area contributed by atoms with Gasteiger partial charge in [0.05, 0.1) is 4.90 Å². The number of sulfonamides is 1. The molecular formula is C21H26N2O4S. The van der Waals surface area contributed by atoms with Crippen molar-refractivity contribution >= 4 is 15.9 Å². The fourth-order valence-corrected chi connectivity index (χ4v) is 4.98. The quantitative estimate of drug-likeness (QED) is 0.771. The van der Waals surface area contributed by atoms with Crippen LogP contribution in [-0.4, -0.2) is 56.3 Å². The van der Waals surface area contributed by atoms with Crippen LogP contribution in [0.4, 0.5) is 0 Å². The molecule has 3 rings (SSSR count). The van der Waals surface area contributed by atoms with E-state index >= 15 is 0 Å². The van der Waals surface area contributed by atoms with E-state index in [-0.39, 0.29) is 25.6 Å². The molecule has 1 fully saturated rings. The topological polar surface area (TPSA) is 66.9 Å². The third-order valence-electron chi connectivity index (χ3n) is 4.90. The van der Waals surface area contributed by atoms with Crippen LogP contribution < -0.4 is 4.74 Å². The number of nitrogens with zero attached hydrogens (tertiary/aromatic N) is 2. The van der Waals surface area contributed by atoms with Gasteiger partial charge in [0.2, 0.25) is 10.0 Å². The second-order valence-corrected chi connectivity index (χ2v) is 9.07. The highest BCUT2D eigenvalue weighted by Crippen LogP contribution is 2.22. The summed E-state index contributed by atoms with van der Waals surface area (Å²) >= 11 is 0. The summed E-state index contributed by atoms with van der Waals surface area (Å²) < 4.78 is 33.0. The first-order chi connectivity index (χ1) is 13.3. The van der Waals surface area contributed by atoms with Gasteiger partial charge in [0.1, 0.15) is 5.75 Å². The molecule has 150 valence electrons. The zero-order valence-corrected chi connectivity index (χ0v) is 17.3. The van der Waals surface area contributed by atoms with Crippen molar-refractivity contribution in [3.05, 3.63) is 59.2 Å². The number of rotatable bonds is 5. The first kappa shape index (κ1) is 20.4. The highest BCUT2D eigenvalue weighted by Gasteiger charge is 2.31. The van der Waals surface area contributed by atoms with Crippen molar-refractivity contribution in [3.8, 4) is 5.75 Å². The molecule has 1 aliphatic rings. The van der Waals surface area contributed by atoms with Gasteiger partial charge in [0.15, 0.2) is 6.61 Å². The molecule has 28 heavy (non-hydrogen) atoms. The number of carbonyl (C=O) groups is 1. The molecule has 0 unspecified atom stereocenters. The SMILES string of the molecule is Cc1cccc(OCC(=O)N2CCN(S(=O)(=O)c3cc(C)ccc3C)CC2)c1. The molecular weight excluding hydrogens is 376 g/mol. The lowest BCUT2D eigenvalue weighted by Crippen LogP contribution is -2.51. The van der Waals surface area contributed by atoms with Crippen LogP contribution in [-0.2, 0) is 14.8 Å². The monoisotopic (exact) mass is 402 g/mol. The Hall–Kier alpha value is -2.38. The van der Waals surface area contributed by atoms with E-state index in [1.165, 1.54) is 4.31 Å². The van der Waals surface area contributed by atoms with Crippen molar-refractivity contribution in [2.75, 3.05) is 32.8 Å². The molecule has 0 N–H and O–H groups in total. The fourth-order valence-electron chi connectivity index (χ4n) is 3.24. The van der Waals surface area contributed by atoms with Crippen LogP contribution in [0.25, 0.3) is 0 Å². The number of hydrogen-bond acceptors (Lipinski definition) is 4. The van der Waals surface area contributed by atoms with Crippen molar-refractivity contribution in [2.45, 2.75) is 25.7 Å². The second kappa shape index (κ2) is 8.32. The van der Waals surface area contributed by atoms with Crippen molar-refractivity contribution < 1.29 is 17.9 Å². The number of aryl methyl sites for hydroxylation is 3. The van der Waals surface area contributed by atoms with E-state index in [9.17, 15) is 13.2 Å². The van der Waals surface area contributed by atoms with Gasteiger partial charge < -0.3 is 9.64 Å². The lowest BCUT2D eigenvalue weighted by atomic mass is 10.2. The predicted octanol–water partition coefficient (Wildman–Crippen LogP) is 2.52. The molecule has 6 nitrogen and oxygen atoms in total. The number of piperazine rings is 1. The highest BCUT2D eigenvalue weighted by atomic mass is 32.2. The molecule has 1 heterocycles. The number of amides is 1. The van der Waals surface area contributed by atoms with Gasteiger partial charge in [-0.05, 0) is 55.7 Å². The fraction of sp³-hybridized carbons (Fsp3) is 0.381. The average molecular weight is 403 g/mol. The summed E-state index contributed by atoms with van der Waals surface area (Å²) in [7, 11) is -3.56. The van der Waals surface area contributed by atoms with Gasteiger partial charge in [-0.15, -0.1) is 0 Å². The standard InChI is InChI=1S/C21H26N2O4S/c1-16-5-4-6-19(13-16)27-15-21(24)22-9-11-23(12-10-22)28(25,26)20-14-17(2)7-8-18(20)3/h4-8,13-14H,9-12,15H2,1-3H3. The first-order valence-corrected chi connectivity index (χ1v) is 10.8. The molecule has 0 spiro atoms. The number of ether oxygens (including phenoxy) is 1. The van der Waals surface area contributed by atoms with Gasteiger partial charge >= 0.3 is 0 Å². The van der Waals surface area contributed by atoms with Crippen molar-refractivity contribution in [3.63, 3.8) is 0 Å². The maximum atomic E-state index is 13.0. The van der Waals surface area contributed by atoms with E-state index in [0.29, 0.717) is 23.7 Å². The van der Waals surface area contributed by atoms with Gasteiger partial charge in [-0.1, -0.05) is 24.3 Å². The van der Waals surface area contributed by atoms with E-state index in [4.69, 9.17) is 4.74 Å². The normalized spacial score (nSPS) is 15.5. The van der Waals surface area contributed by atoms with Crippen LogP contribution in [0.5, 0.6) is 5.75 Å². The van der Waals surface area contributed by atoms with E-state index in [1.807, 2.05) is 50.2 Å². The summed E-state index contributed by atoms with van der Waals surface area (Å²) in [5, 5.41) is 0. The lowest BCUT2D eigenvalue weighted by Gasteiger charge is -2.34. The maximum absolute atomic E-state index is 13.0. The van der Waals surface area contributed by atoms with Gasteiger partial charge in [0, 0.05) is 26.2 Å². The van der Waals surface area contributed by atoms with Crippen molar-refractivity contribution in [1.29, 1.82) is 0 Å². The first-order valence-electron chi connectivity index (χ1n) is 9.32. The smallest absolute Gasteiger partial charge is 0.260 e. The third kappa shape index (κ3) is 4.54. The van der Waals surface area contributed by atoms with E-state index in [0.717, 1.165) is 16.7 Å². The highest BCUT2D eigenvalue weighted by molar-refractivity contribution is 7.89. The molecule has 1 amide bonds. The molecule has 0 saturated carbocycles. The minimum atomic E-state index is -3.56. The number of hydrogen-bond donors (Lipinski definition) is 0. The van der Waals surface area contributed by atoms with Gasteiger partial charge in [-0.25, -0.2) is 8.42 Å². The molecule has 1 saturated heterocycles. The van der Waals surface area contributed by atoms with Crippen LogP contribution in [0.3, 0.4) is 0 Å². The minimum Gasteiger partial charge on any atom is -0.484 e. The van der Waals surface area contributed by atoms with E-state index in [2.05, 4.69) is 0 Å². The summed E-state index contributed by atoms with van der Waals surface area (Å²) in [6.45, 7) is 6.88. The summed E-state index contributed by atoms with van der Waals surface area (Å²) in [5.74, 6) is 0.523. The van der Waals surface area contributed by atoms with Crippen LogP contribution in [0, 0.1) is 20.8 Å². The van der Waals surface area contributed by atoms with Crippen molar-refractivity contribution in [1.82, 2.24) is 9.21 Å². The Kier molecular flexibility index (Phi) is 6.05. The third-order valence-corrected chi connectivity index (χ3v) is 6.95. The molecule has 0 aromatic heterocycles. The largest absolute Gasteiger partial charge is 0.484 e. The zero-order chi connectivity index (χ0) is 20.3. The summed E-state index contributed by atoms with van der Waals surface area (Å²) in [6, 6.07) is 13.0. The Balaban J connectivity index is 1.59. The molecule has 0 atom stereocenters. The van der Waals surface area contributed by atoms with Crippen LogP contribution >= 0.6 is 0 Å². The maximum Gasteiger partial charge on any atom is 0.260 e. The molecule has 2 aromatic carbocycles. The lowest BCUT2D eigenvalue weighted by molar-refractivity contribution is -0.134. The molecule has 0 radical (unpaired) electrons. The Morgan fingerprint density at radius 3 is 2.32 bits per heavy atom. The zero-order valence-electron chi connectivity index (χ0n) is 16.5. The van der Waals surface area contributed by atoms with Crippen molar-refractivity contribution in [2.24, 2.45) is 0 Å². The van der Waals surface area contributed by atoms with Crippen LogP contribution in [0.1, 0.15) is 16.7 Å². The Bertz CT molecular complexity index is 964.